The number of fused-ring (bicyclic) bond motifs is 4. The topological polar surface area (TPSA) is 26.3 Å². The maximum absolute atomic E-state index is 7.51. The van der Waals surface area contributed by atoms with Gasteiger partial charge in [-0.05, 0) is 202 Å². The molecule has 14 aromatic rings. The molecule has 82 heavy (non-hydrogen) atoms. The van der Waals surface area contributed by atoms with Crippen molar-refractivity contribution >= 4 is 109 Å². The molecule has 14 aromatic carbocycles. The normalized spacial score (nSPS) is 13.4. The molecule has 0 aliphatic carbocycles. The molecule has 0 amide bonds. The fourth-order valence-electron chi connectivity index (χ4n) is 14.4. The Hall–Kier alpha value is -8.72. The van der Waals surface area contributed by atoms with Crippen LogP contribution in [0.4, 0.5) is 0 Å². The molecular weight excluding hydrogens is 993 g/mol. The Morgan fingerprint density at radius 1 is 0.220 bits per heavy atom. The monoisotopic (exact) mass is 1060 g/mol. The zero-order valence-electron chi connectivity index (χ0n) is 49.1. The molecule has 0 bridgehead atoms. The van der Waals surface area contributed by atoms with Crippen LogP contribution in [-0.2, 0) is 21.7 Å². The Morgan fingerprint density at radius 3 is 0.817 bits per heavy atom. The molecular formula is C80H66O2. The molecule has 2 aliphatic rings. The fraction of sp³-hybridized carbons (Fsp3) is 0.200. The van der Waals surface area contributed by atoms with Crippen molar-refractivity contribution in [3.05, 3.63) is 204 Å². The van der Waals surface area contributed by atoms with Crippen molar-refractivity contribution in [2.24, 2.45) is 0 Å². The van der Waals surface area contributed by atoms with Gasteiger partial charge in [0.15, 0.2) is 0 Å². The highest BCUT2D eigenvalue weighted by molar-refractivity contribution is 6.44. The number of hydrogen-bond acceptors (Lipinski definition) is 2. The van der Waals surface area contributed by atoms with Crippen LogP contribution in [0.1, 0.15) is 105 Å². The van der Waals surface area contributed by atoms with E-state index in [1.807, 2.05) is 0 Å². The predicted molar refractivity (Wildman–Crippen MR) is 353 cm³/mol. The first-order valence-corrected chi connectivity index (χ1v) is 29.5. The minimum Gasteiger partial charge on any atom is -0.456 e. The second-order valence-corrected chi connectivity index (χ2v) is 28.0. The maximum Gasteiger partial charge on any atom is 0.136 e. The first-order chi connectivity index (χ1) is 39.2. The average molecular weight is 1060 g/mol. The summed E-state index contributed by atoms with van der Waals surface area (Å²) >= 11 is 0. The van der Waals surface area contributed by atoms with Crippen molar-refractivity contribution in [3.63, 3.8) is 0 Å². The van der Waals surface area contributed by atoms with Gasteiger partial charge in [0, 0.05) is 32.7 Å². The largest absolute Gasteiger partial charge is 0.456 e. The maximum atomic E-state index is 7.51. The summed E-state index contributed by atoms with van der Waals surface area (Å²) in [5.41, 5.74) is 20.8. The van der Waals surface area contributed by atoms with Gasteiger partial charge in [0.2, 0.25) is 0 Å². The van der Waals surface area contributed by atoms with Crippen LogP contribution in [-0.4, -0.2) is 0 Å². The van der Waals surface area contributed by atoms with Gasteiger partial charge in [0.05, 0.1) is 0 Å². The van der Waals surface area contributed by atoms with Crippen molar-refractivity contribution in [1.29, 1.82) is 0 Å². The molecule has 2 nitrogen and oxygen atoms in total. The van der Waals surface area contributed by atoms with Gasteiger partial charge in [-0.3, -0.25) is 0 Å². The zero-order chi connectivity index (χ0) is 56.3. The van der Waals surface area contributed by atoms with E-state index in [9.17, 15) is 0 Å². The lowest BCUT2D eigenvalue weighted by molar-refractivity contribution is 0.590. The Morgan fingerprint density at radius 2 is 0.500 bits per heavy atom. The van der Waals surface area contributed by atoms with E-state index < -0.39 is 0 Å². The van der Waals surface area contributed by atoms with Crippen molar-refractivity contribution in [3.8, 4) is 55.6 Å². The van der Waals surface area contributed by atoms with Gasteiger partial charge < -0.3 is 8.83 Å². The van der Waals surface area contributed by atoms with Crippen molar-refractivity contribution in [2.75, 3.05) is 0 Å². The third-order valence-corrected chi connectivity index (χ3v) is 18.8. The van der Waals surface area contributed by atoms with E-state index in [-0.39, 0.29) is 21.7 Å². The molecule has 0 N–H and O–H groups in total. The SMILES string of the molecule is CC(C)(C)c1ccc(-c2cc(-c3ccc(C(C)(C)C)cc3)c3c4cc5oc6ccc7c8cccc9c(-c%10ccc(C(C)(C)C)cc%10)cc(-c%10ccc(C(C)(C)C)cc%10)c(c%10cc%11oc%12ccc(c%13cccc2c%133)c4c%12c5-c%11c6c7%10)c98)cc1. The summed E-state index contributed by atoms with van der Waals surface area (Å²) in [6.07, 6.45) is 0. The second kappa shape index (κ2) is 16.5. The molecule has 2 heteroatoms. The lowest BCUT2D eigenvalue weighted by atomic mass is 9.79. The molecule has 398 valence electrons. The molecule has 2 aliphatic heterocycles. The molecule has 0 saturated carbocycles. The minimum atomic E-state index is 0.0207. The van der Waals surface area contributed by atoms with Gasteiger partial charge in [-0.1, -0.05) is 217 Å². The fourth-order valence-corrected chi connectivity index (χ4v) is 14.4. The highest BCUT2D eigenvalue weighted by Crippen LogP contribution is 2.58. The van der Waals surface area contributed by atoms with Crippen LogP contribution in [0.2, 0.25) is 0 Å². The van der Waals surface area contributed by atoms with Gasteiger partial charge in [0.1, 0.15) is 22.3 Å². The Balaban J connectivity index is 1.03. The average Bonchev–Trinajstić information content (AvgIpc) is 1.05. The summed E-state index contributed by atoms with van der Waals surface area (Å²) in [6, 6.07) is 69.9. The molecule has 0 unspecified atom stereocenters. The second-order valence-electron chi connectivity index (χ2n) is 28.0. The summed E-state index contributed by atoms with van der Waals surface area (Å²) in [6.45, 7) is 27.5. The van der Waals surface area contributed by atoms with Crippen LogP contribution in [0.15, 0.2) is 191 Å². The van der Waals surface area contributed by atoms with Crippen LogP contribution < -0.4 is 0 Å². The van der Waals surface area contributed by atoms with Crippen LogP contribution in [0.5, 0.6) is 0 Å². The van der Waals surface area contributed by atoms with Crippen molar-refractivity contribution in [1.82, 2.24) is 0 Å². The molecule has 0 saturated heterocycles. The molecule has 0 atom stereocenters. The summed E-state index contributed by atoms with van der Waals surface area (Å²) in [7, 11) is 0. The van der Waals surface area contributed by atoms with E-state index >= 15 is 0 Å². The standard InChI is InChI=1S/C80H66O2/c1-77(2,3)47-27-19-43(20-28-47)57-39-59(45-23-31-49(32-24-45)79(7,8)9)71-61-41-65-75-73-63(37-35-55(69(61)73)51-15-13-17-53(57)67(51)71)82-66-42-62-70-56(36-38-64(81-65)74(70)76(66)75)52-16-14-18-54-58(44-21-29-48(30-22-44)78(4,5)6)40-60(72(62)68(52)54)46-25-33-50(34-26-46)80(10,11)12/h13-42H,1-12H3. The van der Waals surface area contributed by atoms with Crippen LogP contribution >= 0.6 is 0 Å². The Labute approximate surface area is 479 Å². The van der Waals surface area contributed by atoms with Crippen LogP contribution in [0.25, 0.3) is 164 Å². The van der Waals surface area contributed by atoms with Crippen LogP contribution in [0, 0.1) is 0 Å². The predicted octanol–water partition coefficient (Wildman–Crippen LogP) is 23.7. The lowest BCUT2D eigenvalue weighted by Gasteiger charge is -2.26. The highest BCUT2D eigenvalue weighted by Gasteiger charge is 2.32. The smallest absolute Gasteiger partial charge is 0.136 e. The summed E-state index contributed by atoms with van der Waals surface area (Å²) < 4.78 is 15.0. The van der Waals surface area contributed by atoms with Gasteiger partial charge in [-0.15, -0.1) is 0 Å². The summed E-state index contributed by atoms with van der Waals surface area (Å²) in [4.78, 5) is 0. The number of rotatable bonds is 4. The van der Waals surface area contributed by atoms with Crippen molar-refractivity contribution in [2.45, 2.75) is 105 Å². The third kappa shape index (κ3) is 6.94. The zero-order valence-corrected chi connectivity index (χ0v) is 49.1. The molecule has 0 aromatic heterocycles. The third-order valence-electron chi connectivity index (χ3n) is 18.8. The number of benzene rings is 14. The first kappa shape index (κ1) is 49.1. The van der Waals surface area contributed by atoms with E-state index in [0.29, 0.717) is 0 Å². The van der Waals surface area contributed by atoms with Gasteiger partial charge in [0.25, 0.3) is 0 Å². The number of hydrogen-bond donors (Lipinski definition) is 0. The summed E-state index contributed by atoms with van der Waals surface area (Å²) in [5, 5.41) is 19.4. The molecule has 16 rings (SSSR count). The lowest BCUT2D eigenvalue weighted by Crippen LogP contribution is -2.10. The first-order valence-electron chi connectivity index (χ1n) is 29.5. The van der Waals surface area contributed by atoms with Crippen LogP contribution in [0.3, 0.4) is 0 Å². The van der Waals surface area contributed by atoms with E-state index in [2.05, 4.69) is 265 Å². The Bertz CT molecular complexity index is 4890. The van der Waals surface area contributed by atoms with E-state index in [4.69, 9.17) is 8.83 Å². The molecule has 2 heterocycles. The highest BCUT2D eigenvalue weighted by atomic mass is 16.3. The van der Waals surface area contributed by atoms with Crippen molar-refractivity contribution < 1.29 is 8.83 Å². The minimum absolute atomic E-state index is 0.0207. The van der Waals surface area contributed by atoms with Gasteiger partial charge in [-0.2, -0.15) is 0 Å². The molecule has 0 spiro atoms. The van der Waals surface area contributed by atoms with E-state index in [1.165, 1.54) is 142 Å². The van der Waals surface area contributed by atoms with Gasteiger partial charge >= 0.3 is 0 Å². The van der Waals surface area contributed by atoms with E-state index in [1.54, 1.807) is 0 Å². The molecule has 0 radical (unpaired) electrons. The van der Waals surface area contributed by atoms with E-state index in [0.717, 1.165) is 44.2 Å². The summed E-state index contributed by atoms with van der Waals surface area (Å²) in [5.74, 6) is 0. The van der Waals surface area contributed by atoms with Gasteiger partial charge in [-0.25, -0.2) is 0 Å². The molecule has 0 fully saturated rings. The Kier molecular flexibility index (Phi) is 9.87. The quantitative estimate of drug-likeness (QED) is 0.130.